The van der Waals surface area contributed by atoms with E-state index in [2.05, 4.69) is 53.7 Å². The molecule has 0 spiro atoms. The number of aliphatic imine (C=N–C) groups is 1. The van der Waals surface area contributed by atoms with Crippen LogP contribution >= 0.6 is 46.7 Å². The molecule has 5 nitrogen and oxygen atoms in total. The molecular weight excluding hydrogens is 465 g/mol. The van der Waals surface area contributed by atoms with Crippen LogP contribution in [-0.2, 0) is 18.3 Å². The summed E-state index contributed by atoms with van der Waals surface area (Å²) in [6, 6.07) is 0. The fraction of sp³-hybridized carbons (Fsp3) is 0.588. The number of halogens is 1. The van der Waals surface area contributed by atoms with Gasteiger partial charge in [-0.15, -0.1) is 46.7 Å². The van der Waals surface area contributed by atoms with Crippen molar-refractivity contribution >= 4 is 52.6 Å². The largest absolute Gasteiger partial charge is 0.356 e. The Morgan fingerprint density at radius 1 is 1.16 bits per heavy atom. The van der Waals surface area contributed by atoms with Crippen molar-refractivity contribution in [1.82, 2.24) is 20.6 Å². The SMILES string of the molecule is CN=C(NCCc1nc(C(C)(C)C)cs1)NCCc1ncc(C)s1.I. The number of aromatic nitrogens is 2. The molecule has 25 heavy (non-hydrogen) atoms. The van der Waals surface area contributed by atoms with E-state index in [-0.39, 0.29) is 29.4 Å². The van der Waals surface area contributed by atoms with Gasteiger partial charge >= 0.3 is 0 Å². The lowest BCUT2D eigenvalue weighted by Crippen LogP contribution is -2.39. The van der Waals surface area contributed by atoms with E-state index in [9.17, 15) is 0 Å². The third kappa shape index (κ3) is 7.57. The van der Waals surface area contributed by atoms with Crippen molar-refractivity contribution in [2.24, 2.45) is 4.99 Å². The molecule has 0 saturated heterocycles. The van der Waals surface area contributed by atoms with E-state index >= 15 is 0 Å². The van der Waals surface area contributed by atoms with Crippen molar-refractivity contribution < 1.29 is 0 Å². The van der Waals surface area contributed by atoms with Crippen LogP contribution in [-0.4, -0.2) is 36.1 Å². The molecule has 2 heterocycles. The maximum atomic E-state index is 4.72. The van der Waals surface area contributed by atoms with Gasteiger partial charge in [-0.3, -0.25) is 4.99 Å². The molecule has 2 N–H and O–H groups in total. The van der Waals surface area contributed by atoms with Crippen LogP contribution in [0.1, 0.15) is 41.4 Å². The van der Waals surface area contributed by atoms with Crippen molar-refractivity contribution in [3.8, 4) is 0 Å². The summed E-state index contributed by atoms with van der Waals surface area (Å²) < 4.78 is 0. The van der Waals surface area contributed by atoms with Crippen LogP contribution in [0, 0.1) is 6.92 Å². The van der Waals surface area contributed by atoms with E-state index < -0.39 is 0 Å². The Balaban J connectivity index is 0.00000312. The van der Waals surface area contributed by atoms with E-state index in [4.69, 9.17) is 4.98 Å². The molecular formula is C17H28IN5S2. The predicted molar refractivity (Wildman–Crippen MR) is 120 cm³/mol. The summed E-state index contributed by atoms with van der Waals surface area (Å²) in [5.41, 5.74) is 1.29. The first-order valence-corrected chi connectivity index (χ1v) is 9.89. The molecule has 0 aromatic carbocycles. The summed E-state index contributed by atoms with van der Waals surface area (Å²) in [6.07, 6.45) is 3.75. The summed E-state index contributed by atoms with van der Waals surface area (Å²) in [6.45, 7) is 10.3. The average molecular weight is 493 g/mol. The third-order valence-corrected chi connectivity index (χ3v) is 5.36. The van der Waals surface area contributed by atoms with E-state index in [1.165, 1.54) is 15.6 Å². The maximum absolute atomic E-state index is 4.72. The first-order valence-electron chi connectivity index (χ1n) is 8.19. The monoisotopic (exact) mass is 493 g/mol. The number of hydrogen-bond acceptors (Lipinski definition) is 5. The van der Waals surface area contributed by atoms with Gasteiger partial charge in [-0.05, 0) is 6.92 Å². The average Bonchev–Trinajstić information content (AvgIpc) is 3.14. The zero-order valence-electron chi connectivity index (χ0n) is 15.5. The smallest absolute Gasteiger partial charge is 0.191 e. The van der Waals surface area contributed by atoms with Gasteiger partial charge in [0, 0.05) is 54.8 Å². The first kappa shape index (κ1) is 22.3. The Hall–Kier alpha value is -0.740. The summed E-state index contributed by atoms with van der Waals surface area (Å²) in [4.78, 5) is 14.6. The van der Waals surface area contributed by atoms with E-state index in [0.717, 1.165) is 36.9 Å². The molecule has 140 valence electrons. The molecule has 0 aliphatic rings. The van der Waals surface area contributed by atoms with Crippen LogP contribution in [0.4, 0.5) is 0 Å². The van der Waals surface area contributed by atoms with E-state index in [1.807, 2.05) is 6.20 Å². The molecule has 0 bridgehead atoms. The van der Waals surface area contributed by atoms with Gasteiger partial charge in [-0.25, -0.2) is 9.97 Å². The van der Waals surface area contributed by atoms with Gasteiger partial charge in [0.15, 0.2) is 5.96 Å². The molecule has 0 aliphatic carbocycles. The molecule has 0 atom stereocenters. The van der Waals surface area contributed by atoms with Crippen molar-refractivity contribution in [3.05, 3.63) is 32.2 Å². The Kier molecular flexibility index (Phi) is 9.29. The minimum atomic E-state index is 0. The molecule has 0 amide bonds. The number of nitrogens with zero attached hydrogens (tertiary/aromatic N) is 3. The van der Waals surface area contributed by atoms with Gasteiger partial charge in [0.25, 0.3) is 0 Å². The van der Waals surface area contributed by atoms with Gasteiger partial charge in [-0.2, -0.15) is 0 Å². The van der Waals surface area contributed by atoms with Crippen molar-refractivity contribution in [3.63, 3.8) is 0 Å². The minimum absolute atomic E-state index is 0. The van der Waals surface area contributed by atoms with E-state index in [0.29, 0.717) is 0 Å². The quantitative estimate of drug-likeness (QED) is 0.366. The second-order valence-electron chi connectivity index (χ2n) is 6.67. The Morgan fingerprint density at radius 3 is 2.28 bits per heavy atom. The first-order chi connectivity index (χ1) is 11.4. The third-order valence-electron chi connectivity index (χ3n) is 3.48. The zero-order valence-corrected chi connectivity index (χ0v) is 19.5. The highest BCUT2D eigenvalue weighted by Gasteiger charge is 2.17. The van der Waals surface area contributed by atoms with Crippen LogP contribution in [0.25, 0.3) is 0 Å². The fourth-order valence-electron chi connectivity index (χ4n) is 2.08. The summed E-state index contributed by atoms with van der Waals surface area (Å²) in [5.74, 6) is 0.830. The second kappa shape index (κ2) is 10.4. The number of thiazole rings is 2. The lowest BCUT2D eigenvalue weighted by Gasteiger charge is -2.14. The summed E-state index contributed by atoms with van der Waals surface area (Å²) >= 11 is 3.48. The van der Waals surface area contributed by atoms with Crippen molar-refractivity contribution in [2.45, 2.75) is 46.0 Å². The van der Waals surface area contributed by atoms with Gasteiger partial charge in [0.1, 0.15) is 0 Å². The van der Waals surface area contributed by atoms with Gasteiger partial charge in [0.2, 0.25) is 0 Å². The number of guanidine groups is 1. The number of rotatable bonds is 6. The molecule has 0 aliphatic heterocycles. The zero-order chi connectivity index (χ0) is 17.6. The maximum Gasteiger partial charge on any atom is 0.191 e. The number of nitrogens with one attached hydrogen (secondary N) is 2. The van der Waals surface area contributed by atoms with E-state index in [1.54, 1.807) is 29.7 Å². The van der Waals surface area contributed by atoms with Crippen LogP contribution in [0.15, 0.2) is 16.6 Å². The van der Waals surface area contributed by atoms with Crippen LogP contribution in [0.3, 0.4) is 0 Å². The van der Waals surface area contributed by atoms with Crippen LogP contribution in [0.5, 0.6) is 0 Å². The van der Waals surface area contributed by atoms with Gasteiger partial charge in [0.05, 0.1) is 15.7 Å². The minimum Gasteiger partial charge on any atom is -0.356 e. The Morgan fingerprint density at radius 2 is 1.80 bits per heavy atom. The van der Waals surface area contributed by atoms with Crippen molar-refractivity contribution in [2.75, 3.05) is 20.1 Å². The topological polar surface area (TPSA) is 62.2 Å². The summed E-state index contributed by atoms with van der Waals surface area (Å²) in [7, 11) is 1.80. The van der Waals surface area contributed by atoms with Gasteiger partial charge < -0.3 is 10.6 Å². The normalized spacial score (nSPS) is 12.0. The van der Waals surface area contributed by atoms with Crippen LogP contribution in [0.2, 0.25) is 0 Å². The lowest BCUT2D eigenvalue weighted by atomic mass is 9.93. The predicted octanol–water partition coefficient (Wildman–Crippen LogP) is 3.77. The highest BCUT2D eigenvalue weighted by atomic mass is 127. The standard InChI is InChI=1S/C17H27N5S2.HI/c1-12-10-21-14(24-12)6-8-19-16(18-5)20-9-7-15-22-13(11-23-15)17(2,3)4;/h10-11H,6-9H2,1-5H3,(H2,18,19,20);1H. The second-order valence-corrected chi connectivity index (χ2v) is 8.93. The number of aryl methyl sites for hydroxylation is 1. The molecule has 0 saturated carbocycles. The molecule has 0 fully saturated rings. The molecule has 2 rings (SSSR count). The fourth-order valence-corrected chi connectivity index (χ4v) is 3.89. The lowest BCUT2D eigenvalue weighted by molar-refractivity contribution is 0.570. The molecule has 8 heteroatoms. The Bertz CT molecular complexity index is 673. The molecule has 2 aromatic rings. The van der Waals surface area contributed by atoms with Crippen LogP contribution < -0.4 is 10.6 Å². The molecule has 2 aromatic heterocycles. The molecule has 0 radical (unpaired) electrons. The highest BCUT2D eigenvalue weighted by molar-refractivity contribution is 14.0. The number of hydrogen-bond donors (Lipinski definition) is 2. The Labute approximate surface area is 175 Å². The molecule has 0 unspecified atom stereocenters. The van der Waals surface area contributed by atoms with Crippen molar-refractivity contribution in [1.29, 1.82) is 0 Å². The van der Waals surface area contributed by atoms with Gasteiger partial charge in [-0.1, -0.05) is 20.8 Å². The summed E-state index contributed by atoms with van der Waals surface area (Å²) in [5, 5.41) is 11.2. The highest BCUT2D eigenvalue weighted by Crippen LogP contribution is 2.23.